The average Bonchev–Trinajstić information content (AvgIpc) is 2.58. The number of amides is 1. The molecule has 1 saturated carbocycles. The number of nitrogens with zero attached hydrogens (tertiary/aromatic N) is 1. The van der Waals surface area contributed by atoms with Crippen molar-refractivity contribution in [3.8, 4) is 0 Å². The van der Waals surface area contributed by atoms with Crippen molar-refractivity contribution >= 4 is 33.7 Å². The Balaban J connectivity index is 1.70. The van der Waals surface area contributed by atoms with Gasteiger partial charge in [0.25, 0.3) is 0 Å². The summed E-state index contributed by atoms with van der Waals surface area (Å²) in [5.74, 6) is 0.00195. The summed E-state index contributed by atoms with van der Waals surface area (Å²) in [5.41, 5.74) is 4.84. The molecule has 0 radical (unpaired) electrons. The van der Waals surface area contributed by atoms with Gasteiger partial charge >= 0.3 is 0 Å². The van der Waals surface area contributed by atoms with Crippen molar-refractivity contribution in [1.29, 1.82) is 0 Å². The number of carbonyl (C=O) groups is 1. The van der Waals surface area contributed by atoms with Crippen molar-refractivity contribution < 1.29 is 4.79 Å². The highest BCUT2D eigenvalue weighted by Gasteiger charge is 2.28. The second-order valence-electron chi connectivity index (χ2n) is 6.32. The quantitative estimate of drug-likeness (QED) is 0.331. The molecule has 1 aliphatic carbocycles. The lowest BCUT2D eigenvalue weighted by Gasteiger charge is -2.25. The topological polar surface area (TPSA) is 41.5 Å². The van der Waals surface area contributed by atoms with Crippen LogP contribution in [-0.2, 0) is 4.79 Å². The fourth-order valence-electron chi connectivity index (χ4n) is 3.26. The summed E-state index contributed by atoms with van der Waals surface area (Å²) >= 11 is 0. The first-order valence-corrected chi connectivity index (χ1v) is 8.12. The fourth-order valence-corrected chi connectivity index (χ4v) is 3.26. The van der Waals surface area contributed by atoms with Crippen LogP contribution in [-0.4, -0.2) is 12.1 Å². The summed E-state index contributed by atoms with van der Waals surface area (Å²) in [6.07, 6.45) is 3.31. The Morgan fingerprint density at radius 3 is 2.21 bits per heavy atom. The maximum atomic E-state index is 12.0. The van der Waals surface area contributed by atoms with Crippen LogP contribution in [0.4, 0.5) is 0 Å². The van der Waals surface area contributed by atoms with Crippen LogP contribution in [0.1, 0.15) is 18.4 Å². The van der Waals surface area contributed by atoms with E-state index in [0.29, 0.717) is 0 Å². The van der Waals surface area contributed by atoms with Crippen molar-refractivity contribution in [2.75, 3.05) is 0 Å². The largest absolute Gasteiger partial charge is 0.273 e. The highest BCUT2D eigenvalue weighted by molar-refractivity contribution is 6.13. The molecule has 0 atom stereocenters. The Kier molecular flexibility index (Phi) is 3.62. The van der Waals surface area contributed by atoms with Crippen molar-refractivity contribution in [3.05, 3.63) is 72.3 Å². The van der Waals surface area contributed by atoms with Crippen molar-refractivity contribution in [2.45, 2.75) is 12.8 Å². The molecule has 4 rings (SSSR count). The summed E-state index contributed by atoms with van der Waals surface area (Å²) in [5, 5.41) is 8.81. The van der Waals surface area contributed by atoms with Crippen LogP contribution in [0.3, 0.4) is 0 Å². The number of hydrogen-bond acceptors (Lipinski definition) is 2. The second kappa shape index (κ2) is 5.93. The number of hydrazone groups is 1. The van der Waals surface area contributed by atoms with Crippen LogP contribution in [0, 0.1) is 5.92 Å². The number of benzene rings is 3. The van der Waals surface area contributed by atoms with Gasteiger partial charge in [-0.3, -0.25) is 4.79 Å². The molecule has 3 nitrogen and oxygen atoms in total. The SMILES string of the molecule is C=C1CC(C(=O)NN=Cc2c3ccccc3cc3ccccc23)C1. The van der Waals surface area contributed by atoms with Gasteiger partial charge in [0, 0.05) is 11.5 Å². The third-order valence-electron chi connectivity index (χ3n) is 4.62. The van der Waals surface area contributed by atoms with Crippen LogP contribution in [0.2, 0.25) is 0 Å². The molecule has 3 aromatic rings. The van der Waals surface area contributed by atoms with Gasteiger partial charge in [-0.05, 0) is 40.5 Å². The zero-order valence-corrected chi connectivity index (χ0v) is 13.3. The van der Waals surface area contributed by atoms with Gasteiger partial charge in [-0.2, -0.15) is 5.10 Å². The normalized spacial score (nSPS) is 15.1. The van der Waals surface area contributed by atoms with E-state index in [1.807, 2.05) is 24.3 Å². The van der Waals surface area contributed by atoms with Crippen molar-refractivity contribution in [2.24, 2.45) is 11.0 Å². The lowest BCUT2D eigenvalue weighted by Crippen LogP contribution is -2.32. The van der Waals surface area contributed by atoms with E-state index in [1.54, 1.807) is 6.21 Å². The average molecular weight is 314 g/mol. The van der Waals surface area contributed by atoms with Gasteiger partial charge in [0.05, 0.1) is 6.21 Å². The zero-order valence-electron chi connectivity index (χ0n) is 13.3. The third kappa shape index (κ3) is 2.58. The van der Waals surface area contributed by atoms with Gasteiger partial charge < -0.3 is 0 Å². The molecular formula is C21H18N2O. The Bertz CT molecular complexity index is 925. The highest BCUT2D eigenvalue weighted by Crippen LogP contribution is 2.31. The molecule has 118 valence electrons. The minimum atomic E-state index is -0.0248. The minimum Gasteiger partial charge on any atom is -0.273 e. The van der Waals surface area contributed by atoms with Crippen LogP contribution < -0.4 is 5.43 Å². The second-order valence-corrected chi connectivity index (χ2v) is 6.32. The molecule has 0 heterocycles. The number of fused-ring (bicyclic) bond motifs is 2. The van der Waals surface area contributed by atoms with Gasteiger partial charge in [-0.1, -0.05) is 60.7 Å². The highest BCUT2D eigenvalue weighted by atomic mass is 16.2. The van der Waals surface area contributed by atoms with Gasteiger partial charge in [-0.25, -0.2) is 5.43 Å². The molecule has 3 aromatic carbocycles. The Morgan fingerprint density at radius 2 is 1.62 bits per heavy atom. The van der Waals surface area contributed by atoms with E-state index < -0.39 is 0 Å². The lowest BCUT2D eigenvalue weighted by molar-refractivity contribution is -0.126. The van der Waals surface area contributed by atoms with Crippen molar-refractivity contribution in [1.82, 2.24) is 5.43 Å². The smallest absolute Gasteiger partial charge is 0.243 e. The van der Waals surface area contributed by atoms with E-state index >= 15 is 0 Å². The van der Waals surface area contributed by atoms with Crippen LogP contribution in [0.25, 0.3) is 21.5 Å². The van der Waals surface area contributed by atoms with Crippen LogP contribution in [0.5, 0.6) is 0 Å². The minimum absolute atomic E-state index is 0.0248. The number of nitrogens with one attached hydrogen (secondary N) is 1. The molecule has 3 heteroatoms. The van der Waals surface area contributed by atoms with Crippen LogP contribution in [0.15, 0.2) is 71.9 Å². The Hall–Kier alpha value is -2.94. The Labute approximate surface area is 140 Å². The first-order valence-electron chi connectivity index (χ1n) is 8.12. The summed E-state index contributed by atoms with van der Waals surface area (Å²) in [4.78, 5) is 12.0. The zero-order chi connectivity index (χ0) is 16.5. The van der Waals surface area contributed by atoms with Gasteiger partial charge in [0.2, 0.25) is 5.91 Å². The molecule has 0 aliphatic heterocycles. The molecule has 1 fully saturated rings. The van der Waals surface area contributed by atoms with E-state index in [1.165, 1.54) is 10.8 Å². The van der Waals surface area contributed by atoms with Gasteiger partial charge in [0.15, 0.2) is 0 Å². The van der Waals surface area contributed by atoms with E-state index in [9.17, 15) is 4.79 Å². The molecule has 1 amide bonds. The first kappa shape index (κ1) is 14.6. The standard InChI is InChI=1S/C21H18N2O/c1-14-10-17(11-14)21(24)23-22-13-20-18-8-4-2-6-15(18)12-16-7-3-5-9-19(16)20/h2-9,12-13,17H,1,10-11H2,(H,23,24). The molecule has 0 spiro atoms. The van der Waals surface area contributed by atoms with Gasteiger partial charge in [0.1, 0.15) is 0 Å². The number of rotatable bonds is 3. The molecule has 0 bridgehead atoms. The number of allylic oxidation sites excluding steroid dienone is 1. The van der Waals surface area contributed by atoms with E-state index in [4.69, 9.17) is 0 Å². The maximum Gasteiger partial charge on any atom is 0.243 e. The predicted octanol–water partition coefficient (Wildman–Crippen LogP) is 4.41. The van der Waals surface area contributed by atoms with E-state index in [2.05, 4.69) is 47.4 Å². The molecule has 1 N–H and O–H groups in total. The summed E-state index contributed by atoms with van der Waals surface area (Å²) < 4.78 is 0. The molecule has 0 unspecified atom stereocenters. The summed E-state index contributed by atoms with van der Waals surface area (Å²) in [6.45, 7) is 3.87. The molecule has 0 saturated heterocycles. The fraction of sp³-hybridized carbons (Fsp3) is 0.143. The van der Waals surface area contributed by atoms with E-state index in [0.717, 1.165) is 34.8 Å². The lowest BCUT2D eigenvalue weighted by atomic mass is 9.81. The number of carbonyl (C=O) groups excluding carboxylic acids is 1. The predicted molar refractivity (Wildman–Crippen MR) is 99.1 cm³/mol. The monoisotopic (exact) mass is 314 g/mol. The Morgan fingerprint density at radius 1 is 1.04 bits per heavy atom. The molecule has 1 aliphatic rings. The summed E-state index contributed by atoms with van der Waals surface area (Å²) in [7, 11) is 0. The summed E-state index contributed by atoms with van der Waals surface area (Å²) in [6, 6.07) is 18.6. The molecular weight excluding hydrogens is 296 g/mol. The first-order chi connectivity index (χ1) is 11.7. The molecule has 0 aromatic heterocycles. The third-order valence-corrected chi connectivity index (χ3v) is 4.62. The van der Waals surface area contributed by atoms with Crippen molar-refractivity contribution in [3.63, 3.8) is 0 Å². The van der Waals surface area contributed by atoms with Crippen LogP contribution >= 0.6 is 0 Å². The van der Waals surface area contributed by atoms with Gasteiger partial charge in [-0.15, -0.1) is 0 Å². The number of hydrogen-bond donors (Lipinski definition) is 1. The maximum absolute atomic E-state index is 12.0. The van der Waals surface area contributed by atoms with E-state index in [-0.39, 0.29) is 11.8 Å². The molecule has 24 heavy (non-hydrogen) atoms.